The van der Waals surface area contributed by atoms with Crippen LogP contribution in [0.25, 0.3) is 6.08 Å². The van der Waals surface area contributed by atoms with E-state index in [1.165, 1.54) is 12.1 Å². The number of ketones is 1. The van der Waals surface area contributed by atoms with E-state index in [-0.39, 0.29) is 17.1 Å². The molecule has 1 N–H and O–H groups in total. The van der Waals surface area contributed by atoms with Crippen LogP contribution in [0, 0.1) is 0 Å². The maximum Gasteiger partial charge on any atom is 0.189 e. The molecule has 0 unspecified atom stereocenters. The van der Waals surface area contributed by atoms with Crippen LogP contribution in [0.15, 0.2) is 42.5 Å². The number of phenolic OH excluding ortho intramolecular Hbond substituents is 1. The fourth-order valence-corrected chi connectivity index (χ4v) is 2.32. The molecule has 132 valence electrons. The van der Waals surface area contributed by atoms with E-state index in [1.807, 2.05) is 26.0 Å². The van der Waals surface area contributed by atoms with Gasteiger partial charge in [-0.05, 0) is 50.3 Å². The van der Waals surface area contributed by atoms with Crippen LogP contribution in [-0.2, 0) is 0 Å². The van der Waals surface area contributed by atoms with Gasteiger partial charge in [0.15, 0.2) is 5.78 Å². The van der Waals surface area contributed by atoms with Gasteiger partial charge in [-0.25, -0.2) is 0 Å². The predicted octanol–water partition coefficient (Wildman–Crippen LogP) is 4.09. The minimum absolute atomic E-state index is 0.112. The lowest BCUT2D eigenvalue weighted by Crippen LogP contribution is -1.97. The van der Waals surface area contributed by atoms with Crippen molar-refractivity contribution in [1.82, 2.24) is 0 Å². The summed E-state index contributed by atoms with van der Waals surface area (Å²) in [5, 5.41) is 10.0. The Bertz CT molecular complexity index is 765. The van der Waals surface area contributed by atoms with Crippen molar-refractivity contribution in [2.45, 2.75) is 13.8 Å². The SMILES string of the molecule is CCOc1ccc(C(=O)C=Cc2ccc(OCC)cc2OC)c(O)c1. The predicted molar refractivity (Wildman–Crippen MR) is 96.8 cm³/mol. The summed E-state index contributed by atoms with van der Waals surface area (Å²) in [4.78, 5) is 12.3. The first-order valence-corrected chi connectivity index (χ1v) is 8.08. The van der Waals surface area contributed by atoms with Gasteiger partial charge in [-0.15, -0.1) is 0 Å². The summed E-state index contributed by atoms with van der Waals surface area (Å²) in [5.74, 6) is 1.40. The Morgan fingerprint density at radius 1 is 1.04 bits per heavy atom. The monoisotopic (exact) mass is 342 g/mol. The first kappa shape index (κ1) is 18.4. The van der Waals surface area contributed by atoms with Crippen molar-refractivity contribution >= 4 is 11.9 Å². The van der Waals surface area contributed by atoms with Crippen LogP contribution >= 0.6 is 0 Å². The van der Waals surface area contributed by atoms with Crippen LogP contribution in [0.1, 0.15) is 29.8 Å². The Hall–Kier alpha value is -2.95. The molecule has 0 saturated heterocycles. The van der Waals surface area contributed by atoms with E-state index in [4.69, 9.17) is 14.2 Å². The van der Waals surface area contributed by atoms with Gasteiger partial charge in [0.1, 0.15) is 23.0 Å². The summed E-state index contributed by atoms with van der Waals surface area (Å²) < 4.78 is 16.1. The first-order valence-electron chi connectivity index (χ1n) is 8.08. The van der Waals surface area contributed by atoms with E-state index in [0.29, 0.717) is 30.5 Å². The van der Waals surface area contributed by atoms with Crippen LogP contribution in [0.2, 0.25) is 0 Å². The number of allylic oxidation sites excluding steroid dienone is 1. The number of carbonyl (C=O) groups excluding carboxylic acids is 1. The largest absolute Gasteiger partial charge is 0.507 e. The smallest absolute Gasteiger partial charge is 0.189 e. The summed E-state index contributed by atoms with van der Waals surface area (Å²) in [6, 6.07) is 10.0. The third-order valence-electron chi connectivity index (χ3n) is 3.48. The highest BCUT2D eigenvalue weighted by Crippen LogP contribution is 2.27. The van der Waals surface area contributed by atoms with Gasteiger partial charge < -0.3 is 19.3 Å². The van der Waals surface area contributed by atoms with Gasteiger partial charge in [-0.1, -0.05) is 0 Å². The fraction of sp³-hybridized carbons (Fsp3) is 0.250. The van der Waals surface area contributed by atoms with Crippen LogP contribution < -0.4 is 14.2 Å². The van der Waals surface area contributed by atoms with Gasteiger partial charge in [0.2, 0.25) is 0 Å². The normalized spacial score (nSPS) is 10.7. The molecule has 0 aliphatic rings. The molecule has 0 amide bonds. The van der Waals surface area contributed by atoms with Crippen LogP contribution in [0.5, 0.6) is 23.0 Å². The summed E-state index contributed by atoms with van der Waals surface area (Å²) in [6.07, 6.45) is 3.04. The van der Waals surface area contributed by atoms with Gasteiger partial charge in [0.05, 0.1) is 25.9 Å². The van der Waals surface area contributed by atoms with E-state index in [1.54, 1.807) is 31.4 Å². The number of aromatic hydroxyl groups is 1. The molecule has 0 fully saturated rings. The second kappa shape index (κ2) is 8.78. The molecule has 0 heterocycles. The molecule has 0 aromatic heterocycles. The van der Waals surface area contributed by atoms with Crippen molar-refractivity contribution in [3.8, 4) is 23.0 Å². The number of methoxy groups -OCH3 is 1. The summed E-state index contributed by atoms with van der Waals surface area (Å²) in [5.41, 5.74) is 0.953. The highest BCUT2D eigenvalue weighted by Gasteiger charge is 2.10. The maximum atomic E-state index is 12.3. The van der Waals surface area contributed by atoms with Crippen LogP contribution in [0.3, 0.4) is 0 Å². The van der Waals surface area contributed by atoms with E-state index < -0.39 is 0 Å². The van der Waals surface area contributed by atoms with Gasteiger partial charge in [0.25, 0.3) is 0 Å². The zero-order chi connectivity index (χ0) is 18.2. The second-order valence-electron chi connectivity index (χ2n) is 5.15. The average Bonchev–Trinajstić information content (AvgIpc) is 2.61. The van der Waals surface area contributed by atoms with Crippen LogP contribution in [-0.4, -0.2) is 31.2 Å². The van der Waals surface area contributed by atoms with Gasteiger partial charge >= 0.3 is 0 Å². The lowest BCUT2D eigenvalue weighted by molar-refractivity contribution is 0.104. The van der Waals surface area contributed by atoms with E-state index in [9.17, 15) is 9.90 Å². The molecule has 2 aromatic carbocycles. The molecule has 2 rings (SSSR count). The number of hydrogen-bond donors (Lipinski definition) is 1. The standard InChI is InChI=1S/C20H22O5/c1-4-24-15-9-10-17(19(22)12-15)18(21)11-7-14-6-8-16(25-5-2)13-20(14)23-3/h6-13,22H,4-5H2,1-3H3. The number of rotatable bonds is 8. The molecular weight excluding hydrogens is 320 g/mol. The highest BCUT2D eigenvalue weighted by molar-refractivity contribution is 6.08. The molecule has 0 aliphatic carbocycles. The van der Waals surface area contributed by atoms with E-state index >= 15 is 0 Å². The first-order chi connectivity index (χ1) is 12.1. The Labute approximate surface area is 147 Å². The third kappa shape index (κ3) is 4.76. The fourth-order valence-electron chi connectivity index (χ4n) is 2.32. The zero-order valence-electron chi connectivity index (χ0n) is 14.6. The average molecular weight is 342 g/mol. The Morgan fingerprint density at radius 2 is 1.68 bits per heavy atom. The Balaban J connectivity index is 2.20. The number of benzene rings is 2. The molecule has 5 nitrogen and oxygen atoms in total. The van der Waals surface area contributed by atoms with Crippen molar-refractivity contribution in [3.63, 3.8) is 0 Å². The Kier molecular flexibility index (Phi) is 6.46. The van der Waals surface area contributed by atoms with E-state index in [0.717, 1.165) is 5.56 Å². The second-order valence-corrected chi connectivity index (χ2v) is 5.15. The molecule has 0 saturated carbocycles. The van der Waals surface area contributed by atoms with Crippen molar-refractivity contribution in [3.05, 3.63) is 53.6 Å². The third-order valence-corrected chi connectivity index (χ3v) is 3.48. The minimum Gasteiger partial charge on any atom is -0.507 e. The van der Waals surface area contributed by atoms with E-state index in [2.05, 4.69) is 0 Å². The molecule has 2 aromatic rings. The molecule has 0 atom stereocenters. The minimum atomic E-state index is -0.309. The number of ether oxygens (including phenoxy) is 3. The molecule has 0 aliphatic heterocycles. The van der Waals surface area contributed by atoms with Crippen molar-refractivity contribution in [1.29, 1.82) is 0 Å². The summed E-state index contributed by atoms with van der Waals surface area (Å²) in [6.45, 7) is 4.81. The van der Waals surface area contributed by atoms with Crippen molar-refractivity contribution < 1.29 is 24.1 Å². The van der Waals surface area contributed by atoms with Crippen LogP contribution in [0.4, 0.5) is 0 Å². The van der Waals surface area contributed by atoms with Gasteiger partial charge in [0, 0.05) is 17.7 Å². The summed E-state index contributed by atoms with van der Waals surface area (Å²) in [7, 11) is 1.56. The lowest BCUT2D eigenvalue weighted by atomic mass is 10.1. The van der Waals surface area contributed by atoms with Crippen molar-refractivity contribution in [2.24, 2.45) is 0 Å². The van der Waals surface area contributed by atoms with Gasteiger partial charge in [-0.3, -0.25) is 4.79 Å². The van der Waals surface area contributed by atoms with Gasteiger partial charge in [-0.2, -0.15) is 0 Å². The maximum absolute atomic E-state index is 12.3. The molecule has 5 heteroatoms. The molecule has 0 bridgehead atoms. The Morgan fingerprint density at radius 3 is 2.28 bits per heavy atom. The zero-order valence-corrected chi connectivity index (χ0v) is 14.6. The van der Waals surface area contributed by atoms with Crippen molar-refractivity contribution in [2.75, 3.05) is 20.3 Å². The lowest BCUT2D eigenvalue weighted by Gasteiger charge is -2.08. The molecular formula is C20H22O5. The highest BCUT2D eigenvalue weighted by atomic mass is 16.5. The molecule has 0 spiro atoms. The number of hydrogen-bond acceptors (Lipinski definition) is 5. The molecule has 25 heavy (non-hydrogen) atoms. The number of phenols is 1. The topological polar surface area (TPSA) is 65.0 Å². The quantitative estimate of drug-likeness (QED) is 0.578. The molecule has 0 radical (unpaired) electrons. The summed E-state index contributed by atoms with van der Waals surface area (Å²) >= 11 is 0. The number of carbonyl (C=O) groups is 1.